The molecule has 1 rings (SSSR count). The maximum atomic E-state index is 11.9. The monoisotopic (exact) mass is 270 g/mol. The van der Waals surface area contributed by atoms with Gasteiger partial charge in [0.2, 0.25) is 5.91 Å². The minimum atomic E-state index is -1.29. The van der Waals surface area contributed by atoms with Crippen molar-refractivity contribution < 1.29 is 23.8 Å². The molecule has 0 aromatic carbocycles. The van der Waals surface area contributed by atoms with Crippen LogP contribution in [0.2, 0.25) is 0 Å². The third-order valence-electron chi connectivity index (χ3n) is 2.62. The summed E-state index contributed by atoms with van der Waals surface area (Å²) in [5.74, 6) is -2.23. The van der Waals surface area contributed by atoms with E-state index in [0.717, 1.165) is 0 Å². The number of rotatable bonds is 5. The van der Waals surface area contributed by atoms with Crippen molar-refractivity contribution in [2.45, 2.75) is 38.0 Å². The topological polar surface area (TPSA) is 97.7 Å². The average Bonchev–Trinajstić information content (AvgIpc) is 2.76. The van der Waals surface area contributed by atoms with Gasteiger partial charge in [-0.3, -0.25) is 9.59 Å². The molecule has 0 aromatic rings. The van der Waals surface area contributed by atoms with Gasteiger partial charge >= 0.3 is 5.97 Å². The molecule has 0 bridgehead atoms. The summed E-state index contributed by atoms with van der Waals surface area (Å²) in [5.41, 5.74) is -0.984. The van der Waals surface area contributed by atoms with E-state index >= 15 is 0 Å². The Morgan fingerprint density at radius 2 is 1.95 bits per heavy atom. The standard InChI is InChI=1S/C12H18N2O5/c1-11(2,8-13)14-9(15)6-12(7-10(16)17-3)18-4-5-19-12/h4-7H2,1-3H3,(H,14,15). The highest BCUT2D eigenvalue weighted by atomic mass is 16.7. The summed E-state index contributed by atoms with van der Waals surface area (Å²) in [5, 5.41) is 11.4. The average molecular weight is 270 g/mol. The minimum absolute atomic E-state index is 0.160. The van der Waals surface area contributed by atoms with Gasteiger partial charge < -0.3 is 19.5 Å². The first kappa shape index (κ1) is 15.4. The maximum absolute atomic E-state index is 11.9. The molecule has 0 atom stereocenters. The summed E-state index contributed by atoms with van der Waals surface area (Å²) >= 11 is 0. The van der Waals surface area contributed by atoms with Gasteiger partial charge in [-0.15, -0.1) is 0 Å². The van der Waals surface area contributed by atoms with Gasteiger partial charge in [0.05, 0.1) is 32.8 Å². The summed E-state index contributed by atoms with van der Waals surface area (Å²) in [6.07, 6.45) is -0.322. The highest BCUT2D eigenvalue weighted by Crippen LogP contribution is 2.28. The quantitative estimate of drug-likeness (QED) is 0.712. The Hall–Kier alpha value is -1.65. The normalized spacial score (nSPS) is 17.6. The molecular weight excluding hydrogens is 252 g/mol. The Balaban J connectivity index is 2.67. The van der Waals surface area contributed by atoms with Crippen molar-refractivity contribution in [3.8, 4) is 6.07 Å². The van der Waals surface area contributed by atoms with Crippen LogP contribution in [0.1, 0.15) is 26.7 Å². The van der Waals surface area contributed by atoms with Gasteiger partial charge in [0.1, 0.15) is 12.0 Å². The lowest BCUT2D eigenvalue weighted by atomic mass is 10.1. The van der Waals surface area contributed by atoms with Crippen molar-refractivity contribution in [1.29, 1.82) is 5.26 Å². The molecule has 1 fully saturated rings. The summed E-state index contributed by atoms with van der Waals surface area (Å²) in [7, 11) is 1.25. The van der Waals surface area contributed by atoms with Gasteiger partial charge in [-0.05, 0) is 13.8 Å². The summed E-state index contributed by atoms with van der Waals surface area (Å²) in [4.78, 5) is 23.2. The van der Waals surface area contributed by atoms with Crippen LogP contribution >= 0.6 is 0 Å². The van der Waals surface area contributed by atoms with Crippen LogP contribution in [0.4, 0.5) is 0 Å². The molecule has 1 N–H and O–H groups in total. The predicted octanol–water partition coefficient (Wildman–Crippen LogP) is 0.101. The van der Waals surface area contributed by atoms with E-state index < -0.39 is 23.2 Å². The molecule has 1 heterocycles. The first-order valence-corrected chi connectivity index (χ1v) is 5.89. The lowest BCUT2D eigenvalue weighted by Gasteiger charge is -2.27. The van der Waals surface area contributed by atoms with Crippen molar-refractivity contribution in [3.05, 3.63) is 0 Å². The van der Waals surface area contributed by atoms with Crippen LogP contribution in [0.5, 0.6) is 0 Å². The van der Waals surface area contributed by atoms with E-state index in [2.05, 4.69) is 10.1 Å². The fourth-order valence-electron chi connectivity index (χ4n) is 1.72. The molecule has 106 valence electrons. The summed E-state index contributed by atoms with van der Waals surface area (Å²) in [6, 6.07) is 1.96. The molecule has 1 saturated heterocycles. The van der Waals surface area contributed by atoms with Gasteiger partial charge in [-0.25, -0.2) is 0 Å². The highest BCUT2D eigenvalue weighted by Gasteiger charge is 2.42. The second-order valence-electron chi connectivity index (χ2n) is 4.82. The number of nitrogens with one attached hydrogen (secondary N) is 1. The zero-order valence-corrected chi connectivity index (χ0v) is 11.3. The van der Waals surface area contributed by atoms with Crippen molar-refractivity contribution in [2.24, 2.45) is 0 Å². The maximum Gasteiger partial charge on any atom is 0.311 e. The van der Waals surface area contributed by atoms with Gasteiger partial charge in [-0.2, -0.15) is 5.26 Å². The smallest absolute Gasteiger partial charge is 0.311 e. The predicted molar refractivity (Wildman–Crippen MR) is 63.7 cm³/mol. The Morgan fingerprint density at radius 3 is 2.42 bits per heavy atom. The number of hydrogen-bond acceptors (Lipinski definition) is 6. The molecule has 1 aliphatic rings. The molecule has 0 saturated carbocycles. The second kappa shape index (κ2) is 5.99. The number of methoxy groups -OCH3 is 1. The number of esters is 1. The van der Waals surface area contributed by atoms with Crippen molar-refractivity contribution in [3.63, 3.8) is 0 Å². The van der Waals surface area contributed by atoms with Crippen LogP contribution in [0, 0.1) is 11.3 Å². The fourth-order valence-corrected chi connectivity index (χ4v) is 1.72. The Labute approximate surface area is 111 Å². The molecule has 0 aliphatic carbocycles. The van der Waals surface area contributed by atoms with Gasteiger partial charge in [0.15, 0.2) is 5.79 Å². The van der Waals surface area contributed by atoms with E-state index in [1.165, 1.54) is 7.11 Å². The molecule has 7 heteroatoms. The van der Waals surface area contributed by atoms with Crippen LogP contribution in [0.25, 0.3) is 0 Å². The first-order chi connectivity index (χ1) is 8.82. The van der Waals surface area contributed by atoms with E-state index in [9.17, 15) is 9.59 Å². The molecule has 0 unspecified atom stereocenters. The number of carbonyl (C=O) groups is 2. The largest absolute Gasteiger partial charge is 0.469 e. The van der Waals surface area contributed by atoms with Crippen LogP contribution in [-0.4, -0.2) is 43.5 Å². The lowest BCUT2D eigenvalue weighted by Crippen LogP contribution is -2.46. The number of nitrogens with zero attached hydrogens (tertiary/aromatic N) is 1. The molecule has 7 nitrogen and oxygen atoms in total. The molecule has 19 heavy (non-hydrogen) atoms. The van der Waals surface area contributed by atoms with E-state index in [4.69, 9.17) is 14.7 Å². The molecular formula is C12H18N2O5. The third-order valence-corrected chi connectivity index (χ3v) is 2.62. The van der Waals surface area contributed by atoms with Gasteiger partial charge in [-0.1, -0.05) is 0 Å². The Kier molecular flexibility index (Phi) is 4.86. The second-order valence-corrected chi connectivity index (χ2v) is 4.82. The van der Waals surface area contributed by atoms with Crippen molar-refractivity contribution >= 4 is 11.9 Å². The molecule has 0 radical (unpaired) electrons. The third kappa shape index (κ3) is 4.50. The van der Waals surface area contributed by atoms with Crippen molar-refractivity contribution in [1.82, 2.24) is 5.32 Å². The summed E-state index contributed by atoms with van der Waals surface area (Å²) in [6.45, 7) is 3.78. The van der Waals surface area contributed by atoms with Crippen LogP contribution in [0.15, 0.2) is 0 Å². The Bertz CT molecular complexity index is 393. The SMILES string of the molecule is COC(=O)CC1(CC(=O)NC(C)(C)C#N)OCCO1. The number of nitriles is 1. The van der Waals surface area contributed by atoms with Crippen LogP contribution in [0.3, 0.4) is 0 Å². The molecule has 1 amide bonds. The lowest BCUT2D eigenvalue weighted by molar-refractivity contribution is -0.185. The zero-order valence-electron chi connectivity index (χ0n) is 11.3. The van der Waals surface area contributed by atoms with Crippen LogP contribution < -0.4 is 5.32 Å². The summed E-state index contributed by atoms with van der Waals surface area (Å²) < 4.78 is 15.3. The van der Waals surface area contributed by atoms with E-state index in [1.54, 1.807) is 13.8 Å². The number of carbonyl (C=O) groups excluding carboxylic acids is 2. The number of ether oxygens (including phenoxy) is 3. The van der Waals surface area contributed by atoms with Gasteiger partial charge in [0.25, 0.3) is 0 Å². The van der Waals surface area contributed by atoms with E-state index in [-0.39, 0.29) is 12.8 Å². The van der Waals surface area contributed by atoms with Crippen LogP contribution in [-0.2, 0) is 23.8 Å². The van der Waals surface area contributed by atoms with E-state index in [0.29, 0.717) is 13.2 Å². The fraction of sp³-hybridized carbons (Fsp3) is 0.750. The Morgan fingerprint density at radius 1 is 1.37 bits per heavy atom. The van der Waals surface area contributed by atoms with Crippen molar-refractivity contribution in [2.75, 3.05) is 20.3 Å². The molecule has 0 aromatic heterocycles. The highest BCUT2D eigenvalue weighted by molar-refractivity contribution is 5.79. The first-order valence-electron chi connectivity index (χ1n) is 5.89. The molecule has 0 spiro atoms. The number of amides is 1. The number of hydrogen-bond donors (Lipinski definition) is 1. The molecule has 1 aliphatic heterocycles. The van der Waals surface area contributed by atoms with E-state index in [1.807, 2.05) is 6.07 Å². The van der Waals surface area contributed by atoms with Gasteiger partial charge in [0, 0.05) is 0 Å². The zero-order chi connectivity index (χ0) is 14.5. The minimum Gasteiger partial charge on any atom is -0.469 e.